The van der Waals surface area contributed by atoms with Crippen molar-refractivity contribution >= 4 is 15.8 Å². The van der Waals surface area contributed by atoms with Gasteiger partial charge < -0.3 is 5.11 Å². The molecule has 1 aromatic carbocycles. The van der Waals surface area contributed by atoms with E-state index in [2.05, 4.69) is 0 Å². The number of hydrogen-bond donors (Lipinski definition) is 1. The number of sulfone groups is 1. The van der Waals surface area contributed by atoms with Crippen molar-refractivity contribution in [1.29, 1.82) is 0 Å². The fourth-order valence-corrected chi connectivity index (χ4v) is 5.16. The van der Waals surface area contributed by atoms with Gasteiger partial charge in [-0.05, 0) is 18.4 Å². The van der Waals surface area contributed by atoms with Crippen molar-refractivity contribution in [2.75, 3.05) is 5.75 Å². The summed E-state index contributed by atoms with van der Waals surface area (Å²) in [6.07, 6.45) is 2.33. The normalized spacial score (nSPS) is 27.1. The van der Waals surface area contributed by atoms with Gasteiger partial charge in [0, 0.05) is 5.75 Å². The molecular formula is C15H20O4S. The Morgan fingerprint density at radius 1 is 1.30 bits per heavy atom. The molecule has 0 bridgehead atoms. The van der Waals surface area contributed by atoms with Gasteiger partial charge in [-0.2, -0.15) is 0 Å². The summed E-state index contributed by atoms with van der Waals surface area (Å²) in [4.78, 5) is 12.0. The molecule has 0 amide bonds. The van der Waals surface area contributed by atoms with Crippen molar-refractivity contribution in [3.63, 3.8) is 0 Å². The molecule has 0 unspecified atom stereocenters. The summed E-state index contributed by atoms with van der Waals surface area (Å²) in [6, 6.07) is 8.81. The molecule has 2 atom stereocenters. The van der Waals surface area contributed by atoms with Crippen LogP contribution in [0.25, 0.3) is 0 Å². The third-order valence-corrected chi connectivity index (χ3v) is 6.65. The molecule has 1 N–H and O–H groups in total. The molecule has 0 aliphatic heterocycles. The summed E-state index contributed by atoms with van der Waals surface area (Å²) in [5.41, 5.74) is -0.692. The summed E-state index contributed by atoms with van der Waals surface area (Å²) >= 11 is 0. The molecule has 4 nitrogen and oxygen atoms in total. The first kappa shape index (κ1) is 15.0. The molecule has 1 fully saturated rings. The first-order chi connectivity index (χ1) is 9.45. The van der Waals surface area contributed by atoms with Crippen LogP contribution < -0.4 is 0 Å². The van der Waals surface area contributed by atoms with Crippen LogP contribution in [-0.4, -0.2) is 30.5 Å². The van der Waals surface area contributed by atoms with E-state index in [-0.39, 0.29) is 5.75 Å². The Hall–Kier alpha value is -1.36. The summed E-state index contributed by atoms with van der Waals surface area (Å²) in [7, 11) is -3.40. The highest BCUT2D eigenvalue weighted by atomic mass is 32.2. The average Bonchev–Trinajstić information content (AvgIpc) is 2.47. The van der Waals surface area contributed by atoms with Gasteiger partial charge in [0.15, 0.2) is 9.84 Å². The fraction of sp³-hybridized carbons (Fsp3) is 0.533. The lowest BCUT2D eigenvalue weighted by Crippen LogP contribution is -2.52. The molecule has 0 aromatic heterocycles. The quantitative estimate of drug-likeness (QED) is 0.926. The van der Waals surface area contributed by atoms with Crippen LogP contribution in [0.15, 0.2) is 30.3 Å². The number of aliphatic carboxylic acids is 1. The van der Waals surface area contributed by atoms with E-state index < -0.39 is 26.5 Å². The van der Waals surface area contributed by atoms with Crippen LogP contribution in [0, 0.1) is 0 Å². The zero-order valence-electron chi connectivity index (χ0n) is 11.6. The van der Waals surface area contributed by atoms with Crippen molar-refractivity contribution in [3.8, 4) is 0 Å². The van der Waals surface area contributed by atoms with Crippen LogP contribution in [0.5, 0.6) is 0 Å². The Bertz CT molecular complexity index is 579. The average molecular weight is 296 g/mol. The lowest BCUT2D eigenvalue weighted by molar-refractivity contribution is -0.145. The second-order valence-electron chi connectivity index (χ2n) is 5.33. The topological polar surface area (TPSA) is 71.4 Å². The monoisotopic (exact) mass is 296 g/mol. The summed E-state index contributed by atoms with van der Waals surface area (Å²) in [5.74, 6) is -1.04. The van der Waals surface area contributed by atoms with E-state index in [0.717, 1.165) is 12.8 Å². The zero-order chi connectivity index (χ0) is 14.8. The van der Waals surface area contributed by atoms with Crippen LogP contribution in [0.3, 0.4) is 0 Å². The minimum Gasteiger partial charge on any atom is -0.481 e. The third kappa shape index (κ3) is 2.35. The number of carboxylic acid groups (broad SMARTS) is 1. The fourth-order valence-electron chi connectivity index (χ4n) is 3.26. The van der Waals surface area contributed by atoms with Crippen LogP contribution in [0.2, 0.25) is 0 Å². The second kappa shape index (κ2) is 5.56. The maximum atomic E-state index is 12.4. The first-order valence-corrected chi connectivity index (χ1v) is 8.67. The number of carbonyl (C=O) groups is 1. The van der Waals surface area contributed by atoms with E-state index in [4.69, 9.17) is 0 Å². The van der Waals surface area contributed by atoms with Crippen LogP contribution in [0.4, 0.5) is 0 Å². The highest BCUT2D eigenvalue weighted by molar-refractivity contribution is 7.92. The smallest absolute Gasteiger partial charge is 0.315 e. The van der Waals surface area contributed by atoms with E-state index in [9.17, 15) is 18.3 Å². The minimum atomic E-state index is -3.40. The summed E-state index contributed by atoms with van der Waals surface area (Å²) in [5, 5.41) is 8.98. The van der Waals surface area contributed by atoms with Gasteiger partial charge in [0.05, 0.1) is 5.25 Å². The SMILES string of the molecule is CCS(=O)(=O)[C@@H]1CCCC[C@@]1(C(=O)O)c1ccccc1. The van der Waals surface area contributed by atoms with Gasteiger partial charge >= 0.3 is 5.97 Å². The van der Waals surface area contributed by atoms with Gasteiger partial charge in [-0.25, -0.2) is 8.42 Å². The molecule has 0 heterocycles. The highest BCUT2D eigenvalue weighted by Crippen LogP contribution is 2.43. The number of carboxylic acids is 1. The molecule has 0 spiro atoms. The molecular weight excluding hydrogens is 276 g/mol. The molecule has 1 aliphatic carbocycles. The van der Waals surface area contributed by atoms with E-state index in [1.54, 1.807) is 31.2 Å². The molecule has 20 heavy (non-hydrogen) atoms. The van der Waals surface area contributed by atoms with Gasteiger partial charge in [0.1, 0.15) is 5.41 Å². The van der Waals surface area contributed by atoms with Crippen LogP contribution in [0.1, 0.15) is 38.2 Å². The van der Waals surface area contributed by atoms with Crippen molar-refractivity contribution in [1.82, 2.24) is 0 Å². The summed E-state index contributed by atoms with van der Waals surface area (Å²) < 4.78 is 24.8. The molecule has 0 radical (unpaired) electrons. The second-order valence-corrected chi connectivity index (χ2v) is 7.80. The Kier molecular flexibility index (Phi) is 4.18. The summed E-state index contributed by atoms with van der Waals surface area (Å²) in [6.45, 7) is 1.58. The maximum Gasteiger partial charge on any atom is 0.315 e. The van der Waals surface area contributed by atoms with Gasteiger partial charge in [0.25, 0.3) is 0 Å². The van der Waals surface area contributed by atoms with E-state index in [1.807, 2.05) is 6.07 Å². The molecule has 1 aliphatic rings. The Morgan fingerprint density at radius 3 is 2.50 bits per heavy atom. The number of benzene rings is 1. The lowest BCUT2D eigenvalue weighted by atomic mass is 9.69. The molecule has 1 saturated carbocycles. The van der Waals surface area contributed by atoms with Crippen LogP contribution >= 0.6 is 0 Å². The lowest BCUT2D eigenvalue weighted by Gasteiger charge is -2.40. The Morgan fingerprint density at radius 2 is 1.95 bits per heavy atom. The maximum absolute atomic E-state index is 12.4. The van der Waals surface area contributed by atoms with E-state index in [1.165, 1.54) is 0 Å². The van der Waals surface area contributed by atoms with Crippen molar-refractivity contribution in [3.05, 3.63) is 35.9 Å². The van der Waals surface area contributed by atoms with Crippen molar-refractivity contribution < 1.29 is 18.3 Å². The molecule has 1 aromatic rings. The number of hydrogen-bond acceptors (Lipinski definition) is 3. The Labute approximate surface area is 119 Å². The molecule has 0 saturated heterocycles. The van der Waals surface area contributed by atoms with Gasteiger partial charge in [0.2, 0.25) is 0 Å². The van der Waals surface area contributed by atoms with E-state index >= 15 is 0 Å². The van der Waals surface area contributed by atoms with Crippen molar-refractivity contribution in [2.24, 2.45) is 0 Å². The molecule has 110 valence electrons. The predicted molar refractivity (Wildman–Crippen MR) is 77.5 cm³/mol. The Balaban J connectivity index is 2.62. The largest absolute Gasteiger partial charge is 0.481 e. The molecule has 2 rings (SSSR count). The third-order valence-electron chi connectivity index (χ3n) is 4.34. The molecule has 5 heteroatoms. The number of rotatable bonds is 4. The van der Waals surface area contributed by atoms with Crippen molar-refractivity contribution in [2.45, 2.75) is 43.3 Å². The standard InChI is InChI=1S/C15H20O4S/c1-2-20(18,19)13-10-6-7-11-15(13,14(16)17)12-8-4-3-5-9-12/h3-5,8-9,13H,2,6-7,10-11H2,1H3,(H,16,17)/t13-,15-/m1/s1. The highest BCUT2D eigenvalue weighted by Gasteiger charge is 2.53. The van der Waals surface area contributed by atoms with Crippen LogP contribution in [-0.2, 0) is 20.0 Å². The van der Waals surface area contributed by atoms with Gasteiger partial charge in [-0.15, -0.1) is 0 Å². The minimum absolute atomic E-state index is 0.0144. The van der Waals surface area contributed by atoms with E-state index in [0.29, 0.717) is 18.4 Å². The van der Waals surface area contributed by atoms with Gasteiger partial charge in [-0.1, -0.05) is 50.1 Å². The zero-order valence-corrected chi connectivity index (χ0v) is 12.4. The first-order valence-electron chi connectivity index (χ1n) is 6.95. The van der Waals surface area contributed by atoms with Gasteiger partial charge in [-0.3, -0.25) is 4.79 Å². The predicted octanol–water partition coefficient (Wildman–Crippen LogP) is 2.39.